The van der Waals surface area contributed by atoms with Crippen molar-refractivity contribution in [1.29, 1.82) is 10.7 Å². The number of halogens is 3. The Labute approximate surface area is 159 Å². The number of nitrogens with two attached hydrogens (primary N) is 1. The van der Waals surface area contributed by atoms with Crippen LogP contribution < -0.4 is 16.1 Å². The molecule has 144 valence electrons. The first-order valence-corrected chi connectivity index (χ1v) is 8.40. The van der Waals surface area contributed by atoms with Crippen LogP contribution in [0.15, 0.2) is 47.6 Å². The minimum Gasteiger partial charge on any atom is -0.382 e. The van der Waals surface area contributed by atoms with Crippen LogP contribution in [-0.4, -0.2) is 18.1 Å². The predicted octanol–water partition coefficient (Wildman–Crippen LogP) is 3.50. The van der Waals surface area contributed by atoms with Crippen LogP contribution in [0.25, 0.3) is 0 Å². The Morgan fingerprint density at radius 1 is 1.21 bits per heavy atom. The van der Waals surface area contributed by atoms with Gasteiger partial charge in [0.25, 0.3) is 0 Å². The highest BCUT2D eigenvalue weighted by atomic mass is 19.4. The van der Waals surface area contributed by atoms with Crippen LogP contribution in [0.5, 0.6) is 0 Å². The van der Waals surface area contributed by atoms with Crippen LogP contribution in [0.1, 0.15) is 16.7 Å². The van der Waals surface area contributed by atoms with Crippen molar-refractivity contribution in [3.8, 4) is 6.07 Å². The summed E-state index contributed by atoms with van der Waals surface area (Å²) in [7, 11) is 0. The van der Waals surface area contributed by atoms with Crippen LogP contribution in [-0.2, 0) is 19.1 Å². The van der Waals surface area contributed by atoms with E-state index in [0.717, 1.165) is 17.2 Å². The molecule has 3 rings (SSSR count). The molecule has 0 fully saturated rings. The zero-order valence-electron chi connectivity index (χ0n) is 14.7. The Morgan fingerprint density at radius 3 is 2.57 bits per heavy atom. The van der Waals surface area contributed by atoms with Gasteiger partial charge in [0, 0.05) is 18.8 Å². The van der Waals surface area contributed by atoms with Gasteiger partial charge < -0.3 is 10.6 Å². The van der Waals surface area contributed by atoms with E-state index in [2.05, 4.69) is 10.5 Å². The average Bonchev–Trinajstić information content (AvgIpc) is 2.67. The van der Waals surface area contributed by atoms with Crippen molar-refractivity contribution in [1.82, 2.24) is 0 Å². The number of anilines is 2. The molecule has 0 unspecified atom stereocenters. The molecule has 0 spiro atoms. The van der Waals surface area contributed by atoms with E-state index in [0.29, 0.717) is 19.5 Å². The molecule has 28 heavy (non-hydrogen) atoms. The third-order valence-corrected chi connectivity index (χ3v) is 4.43. The number of hydrazone groups is 1. The lowest BCUT2D eigenvalue weighted by Crippen LogP contribution is -2.32. The number of amidine groups is 1. The summed E-state index contributed by atoms with van der Waals surface area (Å²) < 4.78 is 41.0. The molecule has 0 radical (unpaired) electrons. The minimum absolute atomic E-state index is 0.0440. The number of hydrogen-bond donors (Lipinski definition) is 3. The first-order valence-electron chi connectivity index (χ1n) is 8.40. The number of fused-ring (bicyclic) bond motifs is 1. The van der Waals surface area contributed by atoms with Gasteiger partial charge in [-0.2, -0.15) is 23.5 Å². The molecule has 1 heterocycles. The maximum atomic E-state index is 13.7. The molecule has 4 N–H and O–H groups in total. The van der Waals surface area contributed by atoms with Gasteiger partial charge in [-0.1, -0.05) is 24.3 Å². The minimum atomic E-state index is -4.56. The highest BCUT2D eigenvalue weighted by Crippen LogP contribution is 2.39. The van der Waals surface area contributed by atoms with Crippen LogP contribution in [0, 0.1) is 16.7 Å². The molecular formula is C19H17F3N6. The Hall–Kier alpha value is -3.54. The highest BCUT2D eigenvalue weighted by molar-refractivity contribution is 6.45. The summed E-state index contributed by atoms with van der Waals surface area (Å²) in [5, 5.41) is 19.6. The second-order valence-electron chi connectivity index (χ2n) is 6.27. The molecule has 0 aromatic heterocycles. The first kappa shape index (κ1) is 19.2. The van der Waals surface area contributed by atoms with E-state index in [1.807, 2.05) is 24.3 Å². The molecule has 1 aliphatic heterocycles. The number of benzene rings is 2. The number of alkyl halides is 3. The van der Waals surface area contributed by atoms with Gasteiger partial charge in [-0.25, -0.2) is 0 Å². The van der Waals surface area contributed by atoms with Crippen molar-refractivity contribution in [3.05, 3.63) is 59.2 Å². The Balaban J connectivity index is 1.93. The van der Waals surface area contributed by atoms with E-state index in [4.69, 9.17) is 16.4 Å². The van der Waals surface area contributed by atoms with Gasteiger partial charge in [-0.15, -0.1) is 0 Å². The third kappa shape index (κ3) is 4.06. The van der Waals surface area contributed by atoms with E-state index in [1.165, 1.54) is 12.1 Å². The van der Waals surface area contributed by atoms with E-state index in [1.54, 1.807) is 11.0 Å². The zero-order valence-corrected chi connectivity index (χ0v) is 14.7. The van der Waals surface area contributed by atoms with Gasteiger partial charge in [-0.05, 0) is 35.7 Å². The molecule has 6 nitrogen and oxygen atoms in total. The van der Waals surface area contributed by atoms with Crippen LogP contribution in [0.4, 0.5) is 24.5 Å². The van der Waals surface area contributed by atoms with E-state index >= 15 is 0 Å². The number of nitriles is 1. The molecule has 9 heteroatoms. The number of nitrogens with zero attached hydrogens (tertiary/aromatic N) is 3. The molecule has 0 atom stereocenters. The smallest absolute Gasteiger partial charge is 0.382 e. The lowest BCUT2D eigenvalue weighted by atomic mass is 9.98. The molecular weight excluding hydrogens is 369 g/mol. The van der Waals surface area contributed by atoms with Gasteiger partial charge in [0.05, 0.1) is 11.3 Å². The van der Waals surface area contributed by atoms with Crippen molar-refractivity contribution in [2.75, 3.05) is 16.9 Å². The Morgan fingerprint density at radius 2 is 1.93 bits per heavy atom. The molecule has 0 bridgehead atoms. The van der Waals surface area contributed by atoms with Crippen LogP contribution in [0.3, 0.4) is 0 Å². The maximum absolute atomic E-state index is 13.7. The number of hydrogen-bond acceptors (Lipinski definition) is 5. The SMILES string of the molecule is N#C/C(=N\Nc1ccc(N2CCc3ccccc3C2)c(C(F)(F)F)c1)C(=N)N. The molecule has 0 amide bonds. The molecule has 0 aliphatic carbocycles. The summed E-state index contributed by atoms with van der Waals surface area (Å²) in [6.07, 6.45) is -3.89. The van der Waals surface area contributed by atoms with Gasteiger partial charge in [-0.3, -0.25) is 10.8 Å². The van der Waals surface area contributed by atoms with Crippen LogP contribution >= 0.6 is 0 Å². The monoisotopic (exact) mass is 386 g/mol. The molecule has 1 aliphatic rings. The summed E-state index contributed by atoms with van der Waals surface area (Å²) in [6.45, 7) is 0.876. The molecule has 0 saturated heterocycles. The molecule has 2 aromatic rings. The second kappa shape index (κ2) is 7.60. The van der Waals surface area contributed by atoms with E-state index in [9.17, 15) is 13.2 Å². The fraction of sp³-hybridized carbons (Fsp3) is 0.211. The number of rotatable bonds is 4. The lowest BCUT2D eigenvalue weighted by molar-refractivity contribution is -0.137. The fourth-order valence-electron chi connectivity index (χ4n) is 3.08. The third-order valence-electron chi connectivity index (χ3n) is 4.43. The molecule has 0 saturated carbocycles. The van der Waals surface area contributed by atoms with Crippen molar-refractivity contribution in [2.45, 2.75) is 19.1 Å². The first-order chi connectivity index (χ1) is 13.3. The number of nitrogens with one attached hydrogen (secondary N) is 2. The van der Waals surface area contributed by atoms with E-state index < -0.39 is 23.3 Å². The molecule has 2 aromatic carbocycles. The summed E-state index contributed by atoms with van der Waals surface area (Å²) in [6, 6.07) is 13.1. The van der Waals surface area contributed by atoms with Crippen molar-refractivity contribution < 1.29 is 13.2 Å². The summed E-state index contributed by atoms with van der Waals surface area (Å²) in [4.78, 5) is 1.70. The highest BCUT2D eigenvalue weighted by Gasteiger charge is 2.36. The average molecular weight is 386 g/mol. The normalized spacial score (nSPS) is 14.2. The van der Waals surface area contributed by atoms with Crippen molar-refractivity contribution in [3.63, 3.8) is 0 Å². The fourth-order valence-corrected chi connectivity index (χ4v) is 3.08. The van der Waals surface area contributed by atoms with E-state index in [-0.39, 0.29) is 11.4 Å². The van der Waals surface area contributed by atoms with Gasteiger partial charge in [0.2, 0.25) is 5.71 Å². The van der Waals surface area contributed by atoms with Crippen molar-refractivity contribution in [2.24, 2.45) is 10.8 Å². The zero-order chi connectivity index (χ0) is 20.3. The Bertz CT molecular complexity index is 974. The summed E-state index contributed by atoms with van der Waals surface area (Å²) in [5.41, 5.74) is 8.61. The lowest BCUT2D eigenvalue weighted by Gasteiger charge is -2.32. The van der Waals surface area contributed by atoms with Crippen molar-refractivity contribution >= 4 is 22.9 Å². The van der Waals surface area contributed by atoms with Gasteiger partial charge in [0.1, 0.15) is 6.07 Å². The topological polar surface area (TPSA) is 101 Å². The Kier molecular flexibility index (Phi) is 5.22. The largest absolute Gasteiger partial charge is 0.418 e. The van der Waals surface area contributed by atoms with Crippen LogP contribution in [0.2, 0.25) is 0 Å². The predicted molar refractivity (Wildman–Crippen MR) is 101 cm³/mol. The maximum Gasteiger partial charge on any atom is 0.418 e. The van der Waals surface area contributed by atoms with Gasteiger partial charge in [0.15, 0.2) is 5.84 Å². The summed E-state index contributed by atoms with van der Waals surface area (Å²) >= 11 is 0. The quantitative estimate of drug-likeness (QED) is 0.425. The second-order valence-corrected chi connectivity index (χ2v) is 6.27. The summed E-state index contributed by atoms with van der Waals surface area (Å²) in [5.74, 6) is -0.574. The van der Waals surface area contributed by atoms with Gasteiger partial charge >= 0.3 is 6.18 Å². The standard InChI is InChI=1S/C19H17F3N6/c20-19(21,22)15-9-14(26-27-16(10-23)18(24)25)5-6-17(15)28-8-7-12-3-1-2-4-13(12)11-28/h1-6,9,26H,7-8,11H2,(H3,24,25)/b27-16+.